The van der Waals surface area contributed by atoms with E-state index in [2.05, 4.69) is 25.2 Å². The van der Waals surface area contributed by atoms with Gasteiger partial charge in [-0.05, 0) is 30.5 Å². The van der Waals surface area contributed by atoms with Gasteiger partial charge in [-0.1, -0.05) is 12.8 Å². The molecule has 11 heteroatoms. The summed E-state index contributed by atoms with van der Waals surface area (Å²) in [5.41, 5.74) is 2.44. The van der Waals surface area contributed by atoms with Crippen molar-refractivity contribution in [3.05, 3.63) is 30.4 Å². The Labute approximate surface area is 210 Å². The van der Waals surface area contributed by atoms with E-state index in [4.69, 9.17) is 18.9 Å². The predicted octanol–water partition coefficient (Wildman–Crippen LogP) is 2.60. The average Bonchev–Trinajstić information content (AvgIpc) is 3.58. The van der Waals surface area contributed by atoms with Crippen LogP contribution in [0.4, 0.5) is 5.82 Å². The molecule has 5 rings (SSSR count). The van der Waals surface area contributed by atoms with Crippen LogP contribution >= 0.6 is 0 Å². The van der Waals surface area contributed by atoms with E-state index in [1.54, 1.807) is 34.0 Å². The molecule has 1 saturated heterocycles. The van der Waals surface area contributed by atoms with Crippen LogP contribution in [-0.2, 0) is 11.3 Å². The normalized spacial score (nSPS) is 21.1. The highest BCUT2D eigenvalue weighted by Crippen LogP contribution is 2.39. The fourth-order valence-corrected chi connectivity index (χ4v) is 5.19. The van der Waals surface area contributed by atoms with Gasteiger partial charge in [0, 0.05) is 25.7 Å². The number of methoxy groups -OCH3 is 3. The molecular weight excluding hydrogens is 464 g/mol. The smallest absolute Gasteiger partial charge is 0.203 e. The monoisotopic (exact) mass is 498 g/mol. The van der Waals surface area contributed by atoms with E-state index in [0.717, 1.165) is 29.7 Å². The number of ether oxygens (including phenoxy) is 4. The maximum atomic E-state index is 9.97. The summed E-state index contributed by atoms with van der Waals surface area (Å²) < 4.78 is 24.7. The number of nitrogens with one attached hydrogen (secondary N) is 1. The lowest BCUT2D eigenvalue weighted by molar-refractivity contribution is -0.135. The first-order chi connectivity index (χ1) is 17.6. The third-order valence-electron chi connectivity index (χ3n) is 6.93. The van der Waals surface area contributed by atoms with Crippen LogP contribution in [0.2, 0.25) is 0 Å². The van der Waals surface area contributed by atoms with E-state index >= 15 is 0 Å². The second-order valence-electron chi connectivity index (χ2n) is 9.30. The van der Waals surface area contributed by atoms with Gasteiger partial charge in [0.05, 0.1) is 40.4 Å². The molecule has 0 amide bonds. The van der Waals surface area contributed by atoms with Gasteiger partial charge in [-0.2, -0.15) is 0 Å². The maximum Gasteiger partial charge on any atom is 0.203 e. The number of benzene rings is 1. The molecule has 1 aliphatic heterocycles. The van der Waals surface area contributed by atoms with E-state index in [1.807, 2.05) is 16.7 Å². The minimum absolute atomic E-state index is 0.0850. The van der Waals surface area contributed by atoms with Gasteiger partial charge >= 0.3 is 0 Å². The summed E-state index contributed by atoms with van der Waals surface area (Å²) >= 11 is 0. The van der Waals surface area contributed by atoms with Crippen LogP contribution in [0.3, 0.4) is 0 Å². The summed E-state index contributed by atoms with van der Waals surface area (Å²) in [6.07, 6.45) is 7.37. The minimum Gasteiger partial charge on any atom is -0.493 e. The van der Waals surface area contributed by atoms with Gasteiger partial charge in [-0.25, -0.2) is 15.0 Å². The van der Waals surface area contributed by atoms with Gasteiger partial charge in [0.25, 0.3) is 0 Å². The second-order valence-corrected chi connectivity index (χ2v) is 9.30. The molecular formula is C25H34N6O5. The third kappa shape index (κ3) is 4.91. The van der Waals surface area contributed by atoms with E-state index in [1.165, 1.54) is 12.8 Å². The topological polar surface area (TPSA) is 116 Å². The minimum atomic E-state index is -0.364. The molecule has 1 saturated carbocycles. The summed E-state index contributed by atoms with van der Waals surface area (Å²) in [5, 5.41) is 13.5. The van der Waals surface area contributed by atoms with Crippen LogP contribution in [0, 0.1) is 0 Å². The van der Waals surface area contributed by atoms with Gasteiger partial charge < -0.3 is 29.4 Å². The Kier molecular flexibility index (Phi) is 7.40. The number of rotatable bonds is 9. The van der Waals surface area contributed by atoms with Gasteiger partial charge in [0.2, 0.25) is 5.75 Å². The lowest BCUT2D eigenvalue weighted by Crippen LogP contribution is -2.46. The van der Waals surface area contributed by atoms with Crippen molar-refractivity contribution in [3.63, 3.8) is 0 Å². The van der Waals surface area contributed by atoms with E-state index in [9.17, 15) is 5.11 Å². The molecule has 3 heterocycles. The first-order valence-electron chi connectivity index (χ1n) is 12.3. The third-order valence-corrected chi connectivity index (χ3v) is 6.93. The molecule has 0 radical (unpaired) electrons. The summed E-state index contributed by atoms with van der Waals surface area (Å²) in [6.45, 7) is 1.70. The standard InChI is InChI=1S/C25H34N6O5/c1-33-19-8-16(9-20(34-2)23(19)35-3)10-30-11-18(13-32)36-21(12-30)31-15-28-22-24(26-14-27-25(22)31)29-17-6-4-5-7-17/h8-9,14-15,17-18,21,32H,4-7,10-13H2,1-3H3,(H,26,27,29)/t18-,21+/m0/s1. The summed E-state index contributed by atoms with van der Waals surface area (Å²) in [5.74, 6) is 2.53. The first-order valence-corrected chi connectivity index (χ1v) is 12.3. The summed E-state index contributed by atoms with van der Waals surface area (Å²) in [7, 11) is 4.80. The Bertz CT molecular complexity index is 1160. The Morgan fingerprint density at radius 1 is 1.03 bits per heavy atom. The van der Waals surface area contributed by atoms with Gasteiger partial charge in [-0.3, -0.25) is 9.47 Å². The van der Waals surface area contributed by atoms with Crippen molar-refractivity contribution >= 4 is 17.0 Å². The number of hydrogen-bond acceptors (Lipinski definition) is 10. The molecule has 2 fully saturated rings. The van der Waals surface area contributed by atoms with Crippen LogP contribution in [0.1, 0.15) is 37.5 Å². The first kappa shape index (κ1) is 24.5. The number of aromatic nitrogens is 4. The number of nitrogens with zero attached hydrogens (tertiary/aromatic N) is 5. The van der Waals surface area contributed by atoms with Gasteiger partial charge in [0.1, 0.15) is 12.6 Å². The van der Waals surface area contributed by atoms with Crippen molar-refractivity contribution in [2.24, 2.45) is 0 Å². The zero-order chi connectivity index (χ0) is 25.1. The Balaban J connectivity index is 1.39. The molecule has 2 N–H and O–H groups in total. The number of anilines is 1. The second kappa shape index (κ2) is 10.9. The van der Waals surface area contributed by atoms with Crippen LogP contribution in [0.25, 0.3) is 11.2 Å². The van der Waals surface area contributed by atoms with E-state index < -0.39 is 0 Å². The Morgan fingerprint density at radius 2 is 1.78 bits per heavy atom. The Morgan fingerprint density at radius 3 is 2.44 bits per heavy atom. The van der Waals surface area contributed by atoms with Crippen LogP contribution < -0.4 is 19.5 Å². The molecule has 1 aliphatic carbocycles. The zero-order valence-electron chi connectivity index (χ0n) is 21.0. The number of fused-ring (bicyclic) bond motifs is 1. The highest BCUT2D eigenvalue weighted by Gasteiger charge is 2.31. The molecule has 11 nitrogen and oxygen atoms in total. The molecule has 0 bridgehead atoms. The van der Waals surface area contributed by atoms with Crippen molar-refractivity contribution in [1.29, 1.82) is 0 Å². The SMILES string of the molecule is COc1cc(CN2C[C@@H](CO)O[C@@H](n3cnc4c(NC5CCCC5)ncnc43)C2)cc(OC)c1OC. The zero-order valence-corrected chi connectivity index (χ0v) is 21.0. The van der Waals surface area contributed by atoms with Gasteiger partial charge in [-0.15, -0.1) is 0 Å². The quantitative estimate of drug-likeness (QED) is 0.456. The molecule has 2 aromatic heterocycles. The highest BCUT2D eigenvalue weighted by molar-refractivity contribution is 5.82. The average molecular weight is 499 g/mol. The van der Waals surface area contributed by atoms with Crippen molar-refractivity contribution in [2.75, 3.05) is 46.3 Å². The molecule has 194 valence electrons. The maximum absolute atomic E-state index is 9.97. The van der Waals surface area contributed by atoms with E-state index in [-0.39, 0.29) is 18.9 Å². The van der Waals surface area contributed by atoms with Crippen LogP contribution in [-0.4, -0.2) is 82.7 Å². The number of aliphatic hydroxyl groups excluding tert-OH is 1. The van der Waals surface area contributed by atoms with Crippen LogP contribution in [0.5, 0.6) is 17.2 Å². The lowest BCUT2D eigenvalue weighted by Gasteiger charge is -2.38. The molecule has 1 aromatic carbocycles. The molecule has 2 atom stereocenters. The van der Waals surface area contributed by atoms with Gasteiger partial charge in [0.15, 0.2) is 28.5 Å². The number of imidazole rings is 1. The molecule has 0 unspecified atom stereocenters. The molecule has 2 aliphatic rings. The van der Waals surface area contributed by atoms with Crippen molar-refractivity contribution < 1.29 is 24.1 Å². The van der Waals surface area contributed by atoms with Crippen molar-refractivity contribution in [1.82, 2.24) is 24.4 Å². The predicted molar refractivity (Wildman–Crippen MR) is 134 cm³/mol. The molecule has 36 heavy (non-hydrogen) atoms. The fourth-order valence-electron chi connectivity index (χ4n) is 5.19. The van der Waals surface area contributed by atoms with Crippen molar-refractivity contribution in [2.45, 2.75) is 50.6 Å². The van der Waals surface area contributed by atoms with Crippen molar-refractivity contribution in [3.8, 4) is 17.2 Å². The number of hydrogen-bond donors (Lipinski definition) is 2. The van der Waals surface area contributed by atoms with Crippen LogP contribution in [0.15, 0.2) is 24.8 Å². The summed E-state index contributed by atoms with van der Waals surface area (Å²) in [4.78, 5) is 15.8. The Hall–Kier alpha value is -3.15. The molecule has 0 spiro atoms. The number of aliphatic hydroxyl groups is 1. The lowest BCUT2D eigenvalue weighted by atomic mass is 10.1. The summed E-state index contributed by atoms with van der Waals surface area (Å²) in [6, 6.07) is 4.31. The highest BCUT2D eigenvalue weighted by atomic mass is 16.5. The fraction of sp³-hybridized carbons (Fsp3) is 0.560. The van der Waals surface area contributed by atoms with E-state index in [0.29, 0.717) is 48.6 Å². The molecule has 3 aromatic rings. The largest absolute Gasteiger partial charge is 0.493 e. The number of morpholine rings is 1.